The molecule has 146 valence electrons. The Morgan fingerprint density at radius 3 is 2.33 bits per heavy atom. The lowest BCUT2D eigenvalue weighted by Gasteiger charge is -2.27. The molecule has 1 heterocycles. The van der Waals surface area contributed by atoms with Gasteiger partial charge in [0.2, 0.25) is 0 Å². The first kappa shape index (κ1) is 20.7. The van der Waals surface area contributed by atoms with E-state index < -0.39 is 11.9 Å². The summed E-state index contributed by atoms with van der Waals surface area (Å²) in [7, 11) is 0. The molecule has 0 amide bonds. The Morgan fingerprint density at radius 2 is 1.63 bits per heavy atom. The second-order valence-corrected chi connectivity index (χ2v) is 6.23. The summed E-state index contributed by atoms with van der Waals surface area (Å²) in [6.07, 6.45) is 2.33. The number of nitrogens with one attached hydrogen (secondary N) is 1. The zero-order valence-corrected chi connectivity index (χ0v) is 15.3. The van der Waals surface area contributed by atoms with Crippen LogP contribution in [-0.2, 0) is 9.59 Å². The second kappa shape index (κ2) is 11.2. The fraction of sp³-hybridized carbons (Fsp3) is 0.400. The number of carboxylic acids is 2. The van der Waals surface area contributed by atoms with E-state index in [1.807, 2.05) is 0 Å². The first-order chi connectivity index (χ1) is 13.1. The Balaban J connectivity index is 0.000000380. The van der Waals surface area contributed by atoms with E-state index in [9.17, 15) is 0 Å². The van der Waals surface area contributed by atoms with E-state index in [4.69, 9.17) is 24.5 Å². The van der Waals surface area contributed by atoms with Gasteiger partial charge in [0, 0.05) is 31.6 Å². The van der Waals surface area contributed by atoms with Crippen molar-refractivity contribution < 1.29 is 24.5 Å². The standard InChI is InChI=1S/C18H24N2O.C2H2O4/c1-2-8-17-16(6-1)7-5-9-18(17)21-15-4-3-12-20-13-10-19-11-14-20;3-1(4)2(5)6/h1-2,5-9,19H,3-4,10-15H2;(H,3,4)(H,5,6). The maximum Gasteiger partial charge on any atom is 0.414 e. The minimum atomic E-state index is -1.82. The molecule has 1 aliphatic heterocycles. The van der Waals surface area contributed by atoms with Gasteiger partial charge in [-0.05, 0) is 30.8 Å². The smallest absolute Gasteiger partial charge is 0.414 e. The molecule has 0 bridgehead atoms. The van der Waals surface area contributed by atoms with Crippen LogP contribution in [0.5, 0.6) is 5.75 Å². The normalized spacial score (nSPS) is 14.2. The van der Waals surface area contributed by atoms with Gasteiger partial charge in [0.05, 0.1) is 6.61 Å². The Labute approximate surface area is 158 Å². The molecular formula is C20H26N2O5. The van der Waals surface area contributed by atoms with Crippen LogP contribution in [0.15, 0.2) is 42.5 Å². The van der Waals surface area contributed by atoms with Gasteiger partial charge in [-0.1, -0.05) is 36.4 Å². The van der Waals surface area contributed by atoms with Crippen molar-refractivity contribution in [1.82, 2.24) is 10.2 Å². The van der Waals surface area contributed by atoms with Crippen LogP contribution in [-0.4, -0.2) is 66.4 Å². The first-order valence-corrected chi connectivity index (χ1v) is 9.08. The Kier molecular flexibility index (Phi) is 8.54. The van der Waals surface area contributed by atoms with Crippen molar-refractivity contribution in [3.8, 4) is 5.75 Å². The van der Waals surface area contributed by atoms with E-state index in [1.165, 1.54) is 36.8 Å². The predicted octanol–water partition coefficient (Wildman–Crippen LogP) is 2.06. The highest BCUT2D eigenvalue weighted by molar-refractivity contribution is 6.27. The summed E-state index contributed by atoms with van der Waals surface area (Å²) in [6, 6.07) is 14.7. The van der Waals surface area contributed by atoms with Crippen LogP contribution < -0.4 is 10.1 Å². The molecule has 0 aromatic heterocycles. The first-order valence-electron chi connectivity index (χ1n) is 9.08. The molecule has 7 heteroatoms. The molecule has 0 atom stereocenters. The van der Waals surface area contributed by atoms with Crippen LogP contribution in [0.1, 0.15) is 12.8 Å². The van der Waals surface area contributed by atoms with E-state index in [2.05, 4.69) is 52.7 Å². The van der Waals surface area contributed by atoms with Crippen LogP contribution in [0.3, 0.4) is 0 Å². The van der Waals surface area contributed by atoms with E-state index in [-0.39, 0.29) is 0 Å². The number of carboxylic acid groups (broad SMARTS) is 2. The Morgan fingerprint density at radius 1 is 0.963 bits per heavy atom. The van der Waals surface area contributed by atoms with Gasteiger partial charge >= 0.3 is 11.9 Å². The minimum absolute atomic E-state index is 0.806. The zero-order valence-electron chi connectivity index (χ0n) is 15.3. The maximum absolute atomic E-state index is 9.10. The highest BCUT2D eigenvalue weighted by atomic mass is 16.5. The molecule has 27 heavy (non-hydrogen) atoms. The van der Waals surface area contributed by atoms with Crippen LogP contribution in [0.25, 0.3) is 10.8 Å². The van der Waals surface area contributed by atoms with Crippen molar-refractivity contribution in [3.05, 3.63) is 42.5 Å². The number of hydrogen-bond acceptors (Lipinski definition) is 5. The fourth-order valence-corrected chi connectivity index (χ4v) is 2.88. The molecule has 1 saturated heterocycles. The van der Waals surface area contributed by atoms with E-state index in [0.717, 1.165) is 31.9 Å². The molecule has 3 rings (SSSR count). The Hall–Kier alpha value is -2.64. The van der Waals surface area contributed by atoms with Crippen molar-refractivity contribution in [2.75, 3.05) is 39.3 Å². The molecule has 0 aliphatic carbocycles. The van der Waals surface area contributed by atoms with Gasteiger partial charge in [-0.25, -0.2) is 9.59 Å². The molecule has 7 nitrogen and oxygen atoms in total. The number of rotatable bonds is 6. The summed E-state index contributed by atoms with van der Waals surface area (Å²) in [5.41, 5.74) is 0. The van der Waals surface area contributed by atoms with Gasteiger partial charge < -0.3 is 25.2 Å². The monoisotopic (exact) mass is 374 g/mol. The third-order valence-electron chi connectivity index (χ3n) is 4.27. The topological polar surface area (TPSA) is 99.1 Å². The number of benzene rings is 2. The molecule has 1 fully saturated rings. The van der Waals surface area contributed by atoms with E-state index in [1.54, 1.807) is 0 Å². The van der Waals surface area contributed by atoms with Crippen molar-refractivity contribution in [3.63, 3.8) is 0 Å². The average Bonchev–Trinajstić information content (AvgIpc) is 2.69. The lowest BCUT2D eigenvalue weighted by Crippen LogP contribution is -2.43. The van der Waals surface area contributed by atoms with Crippen LogP contribution >= 0.6 is 0 Å². The number of unbranched alkanes of at least 4 members (excludes halogenated alkanes) is 1. The third-order valence-corrected chi connectivity index (χ3v) is 4.27. The van der Waals surface area contributed by atoms with Crippen LogP contribution in [0, 0.1) is 0 Å². The van der Waals surface area contributed by atoms with Crippen LogP contribution in [0.4, 0.5) is 0 Å². The van der Waals surface area contributed by atoms with Crippen molar-refractivity contribution >= 4 is 22.7 Å². The zero-order chi connectivity index (χ0) is 19.5. The van der Waals surface area contributed by atoms with E-state index >= 15 is 0 Å². The van der Waals surface area contributed by atoms with Gasteiger partial charge in [-0.15, -0.1) is 0 Å². The largest absolute Gasteiger partial charge is 0.493 e. The van der Waals surface area contributed by atoms with Gasteiger partial charge in [0.1, 0.15) is 5.75 Å². The number of piperazine rings is 1. The molecular weight excluding hydrogens is 348 g/mol. The Bertz CT molecular complexity index is 727. The summed E-state index contributed by atoms with van der Waals surface area (Å²) >= 11 is 0. The fourth-order valence-electron chi connectivity index (χ4n) is 2.88. The lowest BCUT2D eigenvalue weighted by molar-refractivity contribution is -0.159. The van der Waals surface area contributed by atoms with Gasteiger partial charge in [0.15, 0.2) is 0 Å². The summed E-state index contributed by atoms with van der Waals surface area (Å²) in [5, 5.41) is 20.6. The predicted molar refractivity (Wildman–Crippen MR) is 103 cm³/mol. The highest BCUT2D eigenvalue weighted by Crippen LogP contribution is 2.25. The number of hydrogen-bond donors (Lipinski definition) is 3. The second-order valence-electron chi connectivity index (χ2n) is 6.23. The van der Waals surface area contributed by atoms with Gasteiger partial charge in [-0.2, -0.15) is 0 Å². The molecule has 3 N–H and O–H groups in total. The molecule has 0 unspecified atom stereocenters. The van der Waals surface area contributed by atoms with Crippen LogP contribution in [0.2, 0.25) is 0 Å². The van der Waals surface area contributed by atoms with Crippen molar-refractivity contribution in [2.45, 2.75) is 12.8 Å². The summed E-state index contributed by atoms with van der Waals surface area (Å²) in [5.74, 6) is -2.64. The molecule has 1 aliphatic rings. The number of nitrogens with zero attached hydrogens (tertiary/aromatic N) is 1. The number of ether oxygens (including phenoxy) is 1. The SMILES string of the molecule is O=C(O)C(=O)O.c1ccc2c(OCCCCN3CCNCC3)cccc2c1. The number of fused-ring (bicyclic) bond motifs is 1. The molecule has 2 aromatic rings. The summed E-state index contributed by atoms with van der Waals surface area (Å²) in [6.45, 7) is 6.63. The minimum Gasteiger partial charge on any atom is -0.493 e. The van der Waals surface area contributed by atoms with Gasteiger partial charge in [-0.3, -0.25) is 0 Å². The molecule has 0 saturated carbocycles. The molecule has 2 aromatic carbocycles. The lowest BCUT2D eigenvalue weighted by atomic mass is 10.1. The van der Waals surface area contributed by atoms with Crippen molar-refractivity contribution in [1.29, 1.82) is 0 Å². The summed E-state index contributed by atoms with van der Waals surface area (Å²) in [4.78, 5) is 20.7. The quantitative estimate of drug-likeness (QED) is 0.526. The van der Waals surface area contributed by atoms with E-state index in [0.29, 0.717) is 0 Å². The average molecular weight is 374 g/mol. The molecule has 0 spiro atoms. The number of carbonyl (C=O) groups is 2. The molecule has 0 radical (unpaired) electrons. The highest BCUT2D eigenvalue weighted by Gasteiger charge is 2.08. The van der Waals surface area contributed by atoms with Gasteiger partial charge in [0.25, 0.3) is 0 Å². The summed E-state index contributed by atoms with van der Waals surface area (Å²) < 4.78 is 5.98. The number of aliphatic carboxylic acids is 2. The maximum atomic E-state index is 9.10. The third kappa shape index (κ3) is 7.24. The van der Waals surface area contributed by atoms with Crippen molar-refractivity contribution in [2.24, 2.45) is 0 Å².